The normalized spacial score (nSPS) is 12.2. The summed E-state index contributed by atoms with van der Waals surface area (Å²) in [5.74, 6) is 0.166. The standard InChI is InChI=1S/C10H13NO2/c1-7-5-3-4-6-9(7)13-10(12)8(2)11/h3-6,8H,11H2,1-2H3. The number of hydrogen-bond acceptors (Lipinski definition) is 3. The molecule has 2 N–H and O–H groups in total. The van der Waals surface area contributed by atoms with Gasteiger partial charge in [0, 0.05) is 0 Å². The number of esters is 1. The zero-order valence-electron chi connectivity index (χ0n) is 7.78. The number of para-hydroxylation sites is 1. The number of nitrogens with two attached hydrogens (primary N) is 1. The molecular formula is C10H13NO2. The smallest absolute Gasteiger partial charge is 0.328 e. The Bertz CT molecular complexity index is 308. The first-order valence-electron chi connectivity index (χ1n) is 4.14. The molecule has 70 valence electrons. The lowest BCUT2D eigenvalue weighted by Crippen LogP contribution is -2.31. The monoisotopic (exact) mass is 179 g/mol. The molecule has 1 aromatic carbocycles. The Labute approximate surface area is 77.5 Å². The first-order valence-corrected chi connectivity index (χ1v) is 4.14. The van der Waals surface area contributed by atoms with Crippen LogP contribution < -0.4 is 10.5 Å². The number of carbonyl (C=O) groups excluding carboxylic acids is 1. The van der Waals surface area contributed by atoms with Gasteiger partial charge in [0.25, 0.3) is 0 Å². The Balaban J connectivity index is 2.75. The molecule has 0 fully saturated rings. The van der Waals surface area contributed by atoms with Crippen molar-refractivity contribution >= 4 is 5.97 Å². The molecule has 0 saturated carbocycles. The Morgan fingerprint density at radius 2 is 2.08 bits per heavy atom. The maximum Gasteiger partial charge on any atom is 0.328 e. The van der Waals surface area contributed by atoms with Crippen molar-refractivity contribution in [2.24, 2.45) is 5.73 Å². The van der Waals surface area contributed by atoms with Gasteiger partial charge in [-0.15, -0.1) is 0 Å². The van der Waals surface area contributed by atoms with Gasteiger partial charge in [0.15, 0.2) is 0 Å². The Kier molecular flexibility index (Phi) is 3.03. The molecule has 0 heterocycles. The van der Waals surface area contributed by atoms with Crippen molar-refractivity contribution in [3.8, 4) is 5.75 Å². The number of ether oxygens (including phenoxy) is 1. The van der Waals surface area contributed by atoms with Gasteiger partial charge in [-0.1, -0.05) is 18.2 Å². The molecule has 0 radical (unpaired) electrons. The van der Waals surface area contributed by atoms with Crippen LogP contribution in [0.2, 0.25) is 0 Å². The van der Waals surface area contributed by atoms with Crippen LogP contribution in [0.1, 0.15) is 12.5 Å². The molecule has 0 aliphatic carbocycles. The predicted octanol–water partition coefficient (Wildman–Crippen LogP) is 1.25. The maximum absolute atomic E-state index is 11.1. The van der Waals surface area contributed by atoms with Gasteiger partial charge < -0.3 is 10.5 Å². The van der Waals surface area contributed by atoms with Crippen molar-refractivity contribution in [3.05, 3.63) is 29.8 Å². The number of carbonyl (C=O) groups is 1. The first kappa shape index (κ1) is 9.74. The van der Waals surface area contributed by atoms with Crippen LogP contribution in [0, 0.1) is 6.92 Å². The molecule has 3 heteroatoms. The summed E-state index contributed by atoms with van der Waals surface area (Å²) in [5, 5.41) is 0. The second-order valence-electron chi connectivity index (χ2n) is 2.98. The van der Waals surface area contributed by atoms with E-state index in [-0.39, 0.29) is 0 Å². The molecule has 0 amide bonds. The summed E-state index contributed by atoms with van der Waals surface area (Å²) < 4.78 is 5.04. The minimum Gasteiger partial charge on any atom is -0.425 e. The molecule has 0 aliphatic heterocycles. The van der Waals surface area contributed by atoms with Gasteiger partial charge in [-0.2, -0.15) is 0 Å². The Hall–Kier alpha value is -1.35. The van der Waals surface area contributed by atoms with Crippen LogP contribution in [0.15, 0.2) is 24.3 Å². The highest BCUT2D eigenvalue weighted by Crippen LogP contribution is 2.16. The average molecular weight is 179 g/mol. The fourth-order valence-corrected chi connectivity index (χ4v) is 0.872. The van der Waals surface area contributed by atoms with Crippen LogP contribution in [0.3, 0.4) is 0 Å². The van der Waals surface area contributed by atoms with Gasteiger partial charge in [0.05, 0.1) is 0 Å². The number of rotatable bonds is 2. The summed E-state index contributed by atoms with van der Waals surface area (Å²) in [5.41, 5.74) is 6.29. The lowest BCUT2D eigenvalue weighted by molar-refractivity contribution is -0.135. The Morgan fingerprint density at radius 1 is 1.46 bits per heavy atom. The molecule has 0 aliphatic rings. The number of hydrogen-bond donors (Lipinski definition) is 1. The van der Waals surface area contributed by atoms with E-state index in [0.29, 0.717) is 5.75 Å². The number of benzene rings is 1. The van der Waals surface area contributed by atoms with Crippen molar-refractivity contribution in [2.75, 3.05) is 0 Å². The summed E-state index contributed by atoms with van der Waals surface area (Å²) in [6.45, 7) is 3.48. The van der Waals surface area contributed by atoms with Crippen molar-refractivity contribution in [2.45, 2.75) is 19.9 Å². The predicted molar refractivity (Wildman–Crippen MR) is 50.5 cm³/mol. The lowest BCUT2D eigenvalue weighted by Gasteiger charge is -2.08. The van der Waals surface area contributed by atoms with Gasteiger partial charge in [-0.25, -0.2) is 4.79 Å². The van der Waals surface area contributed by atoms with E-state index >= 15 is 0 Å². The maximum atomic E-state index is 11.1. The topological polar surface area (TPSA) is 52.3 Å². The van der Waals surface area contributed by atoms with Gasteiger partial charge in [0.1, 0.15) is 11.8 Å². The van der Waals surface area contributed by atoms with E-state index in [4.69, 9.17) is 10.5 Å². The van der Waals surface area contributed by atoms with E-state index in [1.165, 1.54) is 0 Å². The van der Waals surface area contributed by atoms with E-state index in [1.54, 1.807) is 13.0 Å². The van der Waals surface area contributed by atoms with Crippen molar-refractivity contribution in [3.63, 3.8) is 0 Å². The molecule has 1 aromatic rings. The van der Waals surface area contributed by atoms with Gasteiger partial charge in [-0.3, -0.25) is 0 Å². The molecule has 0 spiro atoms. The van der Waals surface area contributed by atoms with Crippen LogP contribution in [0.4, 0.5) is 0 Å². The van der Waals surface area contributed by atoms with Gasteiger partial charge >= 0.3 is 5.97 Å². The SMILES string of the molecule is Cc1ccccc1OC(=O)C(C)N. The highest BCUT2D eigenvalue weighted by Gasteiger charge is 2.10. The Morgan fingerprint density at radius 3 is 2.62 bits per heavy atom. The third-order valence-electron chi connectivity index (χ3n) is 1.68. The van der Waals surface area contributed by atoms with E-state index in [2.05, 4.69) is 0 Å². The summed E-state index contributed by atoms with van der Waals surface area (Å²) >= 11 is 0. The molecule has 0 aromatic heterocycles. The first-order chi connectivity index (χ1) is 6.11. The quantitative estimate of drug-likeness (QED) is 0.549. The molecule has 1 atom stereocenters. The van der Waals surface area contributed by atoms with E-state index in [9.17, 15) is 4.79 Å². The van der Waals surface area contributed by atoms with E-state index < -0.39 is 12.0 Å². The van der Waals surface area contributed by atoms with Crippen LogP contribution in [-0.4, -0.2) is 12.0 Å². The fraction of sp³-hybridized carbons (Fsp3) is 0.300. The summed E-state index contributed by atoms with van der Waals surface area (Å²) in [7, 11) is 0. The number of aryl methyl sites for hydroxylation is 1. The van der Waals surface area contributed by atoms with Crippen LogP contribution >= 0.6 is 0 Å². The van der Waals surface area contributed by atoms with Crippen LogP contribution in [-0.2, 0) is 4.79 Å². The molecule has 13 heavy (non-hydrogen) atoms. The van der Waals surface area contributed by atoms with Crippen LogP contribution in [0.25, 0.3) is 0 Å². The molecular weight excluding hydrogens is 166 g/mol. The lowest BCUT2D eigenvalue weighted by atomic mass is 10.2. The van der Waals surface area contributed by atoms with Crippen molar-refractivity contribution in [1.82, 2.24) is 0 Å². The summed E-state index contributed by atoms with van der Waals surface area (Å²) in [4.78, 5) is 11.1. The highest BCUT2D eigenvalue weighted by molar-refractivity contribution is 5.77. The molecule has 0 saturated heterocycles. The van der Waals surface area contributed by atoms with Crippen molar-refractivity contribution in [1.29, 1.82) is 0 Å². The summed E-state index contributed by atoms with van der Waals surface area (Å²) in [6.07, 6.45) is 0. The molecule has 0 bridgehead atoms. The van der Waals surface area contributed by atoms with Crippen molar-refractivity contribution < 1.29 is 9.53 Å². The zero-order valence-corrected chi connectivity index (χ0v) is 7.78. The second kappa shape index (κ2) is 4.05. The fourth-order valence-electron chi connectivity index (χ4n) is 0.872. The molecule has 3 nitrogen and oxygen atoms in total. The van der Waals surface area contributed by atoms with Crippen LogP contribution in [0.5, 0.6) is 5.75 Å². The largest absolute Gasteiger partial charge is 0.425 e. The zero-order chi connectivity index (χ0) is 9.84. The highest BCUT2D eigenvalue weighted by atomic mass is 16.5. The average Bonchev–Trinajstić information content (AvgIpc) is 2.08. The molecule has 1 rings (SSSR count). The van der Waals surface area contributed by atoms with E-state index in [1.807, 2.05) is 25.1 Å². The third-order valence-corrected chi connectivity index (χ3v) is 1.68. The van der Waals surface area contributed by atoms with Gasteiger partial charge in [-0.05, 0) is 25.5 Å². The summed E-state index contributed by atoms with van der Waals surface area (Å²) in [6, 6.07) is 6.74. The van der Waals surface area contributed by atoms with Gasteiger partial charge in [0.2, 0.25) is 0 Å². The second-order valence-corrected chi connectivity index (χ2v) is 2.98. The minimum atomic E-state index is -0.584. The minimum absolute atomic E-state index is 0.408. The third kappa shape index (κ3) is 2.56. The van der Waals surface area contributed by atoms with E-state index in [0.717, 1.165) is 5.56 Å². The molecule has 1 unspecified atom stereocenters.